The molecule has 0 fully saturated rings. The molecule has 0 saturated heterocycles. The third-order valence-electron chi connectivity index (χ3n) is 4.80. The Bertz CT molecular complexity index is 1250. The van der Waals surface area contributed by atoms with E-state index in [1.807, 2.05) is 49.7 Å². The van der Waals surface area contributed by atoms with Crippen LogP contribution in [0.4, 0.5) is 0 Å². The maximum absolute atomic E-state index is 13.4. The molecule has 0 radical (unpaired) electrons. The van der Waals surface area contributed by atoms with E-state index in [1.165, 1.54) is 0 Å². The zero-order valence-corrected chi connectivity index (χ0v) is 17.2. The predicted octanol–water partition coefficient (Wildman–Crippen LogP) is 4.15. The Balaban J connectivity index is 1.77. The van der Waals surface area contributed by atoms with Crippen LogP contribution in [0.25, 0.3) is 21.6 Å². The van der Waals surface area contributed by atoms with Gasteiger partial charge >= 0.3 is 0 Å². The van der Waals surface area contributed by atoms with E-state index in [9.17, 15) is 4.79 Å². The number of amides is 1. The maximum atomic E-state index is 13.4. The van der Waals surface area contributed by atoms with Gasteiger partial charge in [0.05, 0.1) is 38.8 Å². The molecule has 0 unspecified atom stereocenters. The number of aryl methyl sites for hydroxylation is 2. The van der Waals surface area contributed by atoms with Gasteiger partial charge in [-0.15, -0.1) is 11.3 Å². The summed E-state index contributed by atoms with van der Waals surface area (Å²) in [6, 6.07) is 15.3. The molecule has 0 bridgehead atoms. The van der Waals surface area contributed by atoms with Gasteiger partial charge in [-0.2, -0.15) is 10.4 Å². The van der Waals surface area contributed by atoms with E-state index in [4.69, 9.17) is 10.2 Å². The highest BCUT2D eigenvalue weighted by molar-refractivity contribution is 7.13. The number of pyridine rings is 1. The number of carbonyl (C=O) groups excluding carboxylic acids is 1. The molecule has 0 aliphatic carbocycles. The number of fused-ring (bicyclic) bond motifs is 1. The number of thiophene rings is 1. The predicted molar refractivity (Wildman–Crippen MR) is 114 cm³/mol. The lowest BCUT2D eigenvalue weighted by atomic mass is 10.1. The lowest BCUT2D eigenvalue weighted by molar-refractivity contribution is 0.0787. The van der Waals surface area contributed by atoms with Gasteiger partial charge in [-0.05, 0) is 42.1 Å². The summed E-state index contributed by atoms with van der Waals surface area (Å²) < 4.78 is 1.72. The number of rotatable bonds is 4. The summed E-state index contributed by atoms with van der Waals surface area (Å²) in [5.74, 6) is -0.103. The van der Waals surface area contributed by atoms with E-state index in [-0.39, 0.29) is 5.91 Å². The highest BCUT2D eigenvalue weighted by atomic mass is 32.1. The second-order valence-corrected chi connectivity index (χ2v) is 7.86. The van der Waals surface area contributed by atoms with Crippen molar-refractivity contribution in [2.75, 3.05) is 7.05 Å². The minimum Gasteiger partial charge on any atom is -0.337 e. The van der Waals surface area contributed by atoms with Crippen LogP contribution in [0.3, 0.4) is 0 Å². The molecular formula is C22H19N5OS. The summed E-state index contributed by atoms with van der Waals surface area (Å²) >= 11 is 1.59. The first-order valence-corrected chi connectivity index (χ1v) is 9.98. The van der Waals surface area contributed by atoms with Gasteiger partial charge in [-0.25, -0.2) is 4.98 Å². The third-order valence-corrected chi connectivity index (χ3v) is 5.69. The molecular weight excluding hydrogens is 382 g/mol. The Morgan fingerprint density at radius 1 is 1.28 bits per heavy atom. The molecule has 0 atom stereocenters. The van der Waals surface area contributed by atoms with Gasteiger partial charge in [0.2, 0.25) is 0 Å². The Kier molecular flexibility index (Phi) is 4.87. The van der Waals surface area contributed by atoms with Crippen molar-refractivity contribution in [1.29, 1.82) is 5.26 Å². The van der Waals surface area contributed by atoms with Gasteiger partial charge in [-0.3, -0.25) is 9.48 Å². The molecule has 144 valence electrons. The molecule has 0 N–H and O–H groups in total. The molecule has 0 saturated carbocycles. The third kappa shape index (κ3) is 3.50. The lowest BCUT2D eigenvalue weighted by Gasteiger charge is -2.18. The standard InChI is InChI=1S/C22H19N5OS/c1-14-20-17(22(28)26(2)13-16-7-4-6-15(10-16)12-23)11-18(19-8-5-9-29-19)24-21(20)27(3)25-14/h4-11H,13H2,1-3H3. The molecule has 1 aromatic carbocycles. The SMILES string of the molecule is Cc1nn(C)c2nc(-c3cccs3)cc(C(=O)N(C)Cc3cccc(C#N)c3)c12. The van der Waals surface area contributed by atoms with Crippen LogP contribution in [0.5, 0.6) is 0 Å². The number of benzene rings is 1. The van der Waals surface area contributed by atoms with Gasteiger partial charge < -0.3 is 4.90 Å². The van der Waals surface area contributed by atoms with Crippen LogP contribution in [0.2, 0.25) is 0 Å². The van der Waals surface area contributed by atoms with E-state index in [0.717, 1.165) is 27.2 Å². The van der Waals surface area contributed by atoms with Crippen molar-refractivity contribution in [3.63, 3.8) is 0 Å². The van der Waals surface area contributed by atoms with E-state index in [1.54, 1.807) is 40.1 Å². The highest BCUT2D eigenvalue weighted by Crippen LogP contribution is 2.30. The quantitative estimate of drug-likeness (QED) is 0.515. The fourth-order valence-corrected chi connectivity index (χ4v) is 4.14. The summed E-state index contributed by atoms with van der Waals surface area (Å²) in [5, 5.41) is 16.3. The van der Waals surface area contributed by atoms with Crippen LogP contribution >= 0.6 is 11.3 Å². The second kappa shape index (κ2) is 7.49. The number of nitrogens with zero attached hydrogens (tertiary/aromatic N) is 5. The van der Waals surface area contributed by atoms with Crippen molar-refractivity contribution < 1.29 is 4.79 Å². The minimum atomic E-state index is -0.103. The zero-order chi connectivity index (χ0) is 20.5. The highest BCUT2D eigenvalue weighted by Gasteiger charge is 2.22. The monoisotopic (exact) mass is 401 g/mol. The van der Waals surface area contributed by atoms with E-state index in [2.05, 4.69) is 11.2 Å². The molecule has 0 aliphatic heterocycles. The van der Waals surface area contributed by atoms with Gasteiger partial charge in [0.1, 0.15) is 0 Å². The first-order valence-electron chi connectivity index (χ1n) is 9.10. The Hall–Kier alpha value is -3.50. The topological polar surface area (TPSA) is 74.8 Å². The Morgan fingerprint density at radius 3 is 2.83 bits per heavy atom. The first kappa shape index (κ1) is 18.8. The molecule has 29 heavy (non-hydrogen) atoms. The lowest BCUT2D eigenvalue weighted by Crippen LogP contribution is -2.26. The molecule has 3 heterocycles. The molecule has 3 aromatic heterocycles. The number of carbonyl (C=O) groups is 1. The normalized spacial score (nSPS) is 10.8. The average Bonchev–Trinajstić information content (AvgIpc) is 3.35. The molecule has 1 amide bonds. The molecule has 7 heteroatoms. The van der Waals surface area contributed by atoms with Gasteiger partial charge in [0.15, 0.2) is 5.65 Å². The molecule has 0 spiro atoms. The van der Waals surface area contributed by atoms with E-state index in [0.29, 0.717) is 23.3 Å². The van der Waals surface area contributed by atoms with Crippen molar-refractivity contribution in [2.45, 2.75) is 13.5 Å². The molecule has 6 nitrogen and oxygen atoms in total. The largest absolute Gasteiger partial charge is 0.337 e. The van der Waals surface area contributed by atoms with Crippen LogP contribution < -0.4 is 0 Å². The van der Waals surface area contributed by atoms with Crippen LogP contribution in [-0.2, 0) is 13.6 Å². The van der Waals surface area contributed by atoms with E-state index >= 15 is 0 Å². The van der Waals surface area contributed by atoms with E-state index < -0.39 is 0 Å². The number of hydrogen-bond donors (Lipinski definition) is 0. The maximum Gasteiger partial charge on any atom is 0.254 e. The molecule has 0 aliphatic rings. The minimum absolute atomic E-state index is 0.103. The van der Waals surface area contributed by atoms with Crippen molar-refractivity contribution in [3.8, 4) is 16.6 Å². The van der Waals surface area contributed by atoms with Crippen molar-refractivity contribution in [2.24, 2.45) is 7.05 Å². The molecule has 4 aromatic rings. The smallest absolute Gasteiger partial charge is 0.254 e. The second-order valence-electron chi connectivity index (χ2n) is 6.91. The van der Waals surface area contributed by atoms with Crippen LogP contribution in [0, 0.1) is 18.3 Å². The summed E-state index contributed by atoms with van der Waals surface area (Å²) in [5.41, 5.74) is 4.30. The van der Waals surface area contributed by atoms with Gasteiger partial charge in [0, 0.05) is 20.6 Å². The Labute approximate surface area is 172 Å². The van der Waals surface area contributed by atoms with Crippen molar-refractivity contribution in [3.05, 3.63) is 70.2 Å². The summed E-state index contributed by atoms with van der Waals surface area (Å²) in [4.78, 5) is 20.8. The average molecular weight is 401 g/mol. The fourth-order valence-electron chi connectivity index (χ4n) is 3.45. The summed E-state index contributed by atoms with van der Waals surface area (Å²) in [6.45, 7) is 2.30. The number of aromatic nitrogens is 3. The number of nitriles is 1. The van der Waals surface area contributed by atoms with Gasteiger partial charge in [0.25, 0.3) is 5.91 Å². The number of hydrogen-bond acceptors (Lipinski definition) is 5. The van der Waals surface area contributed by atoms with Crippen LogP contribution in [0.1, 0.15) is 27.2 Å². The van der Waals surface area contributed by atoms with Crippen LogP contribution in [-0.4, -0.2) is 32.6 Å². The van der Waals surface area contributed by atoms with Crippen LogP contribution in [0.15, 0.2) is 47.8 Å². The first-order chi connectivity index (χ1) is 14.0. The summed E-state index contributed by atoms with van der Waals surface area (Å²) in [7, 11) is 3.61. The zero-order valence-electron chi connectivity index (χ0n) is 16.4. The van der Waals surface area contributed by atoms with Crippen molar-refractivity contribution in [1.82, 2.24) is 19.7 Å². The van der Waals surface area contributed by atoms with Crippen molar-refractivity contribution >= 4 is 28.3 Å². The Morgan fingerprint density at radius 2 is 2.10 bits per heavy atom. The van der Waals surface area contributed by atoms with Gasteiger partial charge in [-0.1, -0.05) is 18.2 Å². The summed E-state index contributed by atoms with van der Waals surface area (Å²) in [6.07, 6.45) is 0. The fraction of sp³-hybridized carbons (Fsp3) is 0.182. The molecule has 4 rings (SSSR count).